The van der Waals surface area contributed by atoms with Gasteiger partial charge in [0, 0.05) is 11.8 Å². The third-order valence-electron chi connectivity index (χ3n) is 2.33. The van der Waals surface area contributed by atoms with E-state index in [1.165, 1.54) is 6.26 Å². The highest BCUT2D eigenvalue weighted by atomic mass is 16.7. The average molecular weight is 218 g/mol. The quantitative estimate of drug-likeness (QED) is 0.769. The molecule has 82 valence electrons. The summed E-state index contributed by atoms with van der Waals surface area (Å²) in [5.74, 6) is 0.514. The molecule has 0 unspecified atom stereocenters. The van der Waals surface area contributed by atoms with Gasteiger partial charge in [-0.1, -0.05) is 6.07 Å². The predicted molar refractivity (Wildman–Crippen MR) is 54.4 cm³/mol. The maximum atomic E-state index is 5.37. The number of aromatic nitrogens is 2. The molecule has 2 aromatic rings. The second-order valence-corrected chi connectivity index (χ2v) is 3.39. The van der Waals surface area contributed by atoms with Gasteiger partial charge in [0.05, 0.1) is 19.4 Å². The average Bonchev–Trinajstić information content (AvgIpc) is 3.03. The van der Waals surface area contributed by atoms with Crippen molar-refractivity contribution in [3.05, 3.63) is 36.4 Å². The molecule has 5 heteroatoms. The number of rotatable bonds is 2. The van der Waals surface area contributed by atoms with E-state index in [-0.39, 0.29) is 6.29 Å². The fraction of sp³-hybridized carbons (Fsp3) is 0.273. The van der Waals surface area contributed by atoms with Gasteiger partial charge in [-0.2, -0.15) is 0 Å². The van der Waals surface area contributed by atoms with Gasteiger partial charge in [0.15, 0.2) is 6.29 Å². The first-order valence-corrected chi connectivity index (χ1v) is 5.02. The molecule has 0 amide bonds. The van der Waals surface area contributed by atoms with Crippen molar-refractivity contribution >= 4 is 0 Å². The number of hydrogen-bond donors (Lipinski definition) is 0. The molecule has 0 saturated carbocycles. The molecule has 1 fully saturated rings. The predicted octanol–water partition coefficient (Wildman–Crippen LogP) is 1.78. The molecule has 0 aromatic carbocycles. The normalized spacial score (nSPS) is 16.8. The molecule has 0 bridgehead atoms. The molecular formula is C11H10N2O3. The van der Waals surface area contributed by atoms with Crippen molar-refractivity contribution in [2.24, 2.45) is 0 Å². The standard InChI is InChI=1S/C11H10N2O3/c1-2-9(10-12-3-4-14-10)13-7-8(1)11-15-5-6-16-11/h1-4,7,11H,5-6H2. The van der Waals surface area contributed by atoms with E-state index in [1.54, 1.807) is 12.4 Å². The summed E-state index contributed by atoms with van der Waals surface area (Å²) in [6.45, 7) is 1.26. The summed E-state index contributed by atoms with van der Waals surface area (Å²) < 4.78 is 15.9. The van der Waals surface area contributed by atoms with E-state index >= 15 is 0 Å². The van der Waals surface area contributed by atoms with Crippen LogP contribution in [0, 0.1) is 0 Å². The highest BCUT2D eigenvalue weighted by Crippen LogP contribution is 2.24. The second kappa shape index (κ2) is 4.03. The van der Waals surface area contributed by atoms with Crippen molar-refractivity contribution in [2.45, 2.75) is 6.29 Å². The molecule has 3 heterocycles. The molecule has 1 saturated heterocycles. The van der Waals surface area contributed by atoms with E-state index in [9.17, 15) is 0 Å². The molecule has 3 rings (SSSR count). The monoisotopic (exact) mass is 218 g/mol. The van der Waals surface area contributed by atoms with Crippen LogP contribution in [0.3, 0.4) is 0 Å². The summed E-state index contributed by atoms with van der Waals surface area (Å²) in [4.78, 5) is 8.27. The van der Waals surface area contributed by atoms with Gasteiger partial charge in [-0.05, 0) is 6.07 Å². The maximum absolute atomic E-state index is 5.37. The Kier molecular flexibility index (Phi) is 2.40. The van der Waals surface area contributed by atoms with Crippen LogP contribution in [0.25, 0.3) is 11.6 Å². The lowest BCUT2D eigenvalue weighted by atomic mass is 10.2. The third kappa shape index (κ3) is 1.70. The van der Waals surface area contributed by atoms with Crippen molar-refractivity contribution in [2.75, 3.05) is 13.2 Å². The van der Waals surface area contributed by atoms with E-state index in [4.69, 9.17) is 13.9 Å². The van der Waals surface area contributed by atoms with Crippen LogP contribution in [-0.4, -0.2) is 23.2 Å². The molecule has 0 aliphatic carbocycles. The Balaban J connectivity index is 1.84. The number of hydrogen-bond acceptors (Lipinski definition) is 5. The van der Waals surface area contributed by atoms with Crippen LogP contribution >= 0.6 is 0 Å². The lowest BCUT2D eigenvalue weighted by Gasteiger charge is -2.08. The minimum Gasteiger partial charge on any atom is -0.443 e. The fourth-order valence-corrected chi connectivity index (χ4v) is 1.57. The largest absolute Gasteiger partial charge is 0.443 e. The summed E-state index contributed by atoms with van der Waals surface area (Å²) in [6.07, 6.45) is 4.55. The van der Waals surface area contributed by atoms with Crippen LogP contribution in [0.4, 0.5) is 0 Å². The zero-order valence-electron chi connectivity index (χ0n) is 8.50. The van der Waals surface area contributed by atoms with Crippen LogP contribution < -0.4 is 0 Å². The molecule has 0 radical (unpaired) electrons. The topological polar surface area (TPSA) is 57.4 Å². The lowest BCUT2D eigenvalue weighted by Crippen LogP contribution is -1.98. The van der Waals surface area contributed by atoms with E-state index in [0.717, 1.165) is 5.56 Å². The van der Waals surface area contributed by atoms with E-state index in [2.05, 4.69) is 9.97 Å². The molecule has 0 atom stereocenters. The minimum absolute atomic E-state index is 0.286. The van der Waals surface area contributed by atoms with Gasteiger partial charge >= 0.3 is 0 Å². The summed E-state index contributed by atoms with van der Waals surface area (Å²) in [5.41, 5.74) is 1.61. The first kappa shape index (κ1) is 9.50. The molecule has 16 heavy (non-hydrogen) atoms. The Morgan fingerprint density at radius 3 is 2.62 bits per heavy atom. The Morgan fingerprint density at radius 2 is 2.00 bits per heavy atom. The number of ether oxygens (including phenoxy) is 2. The SMILES string of the molecule is c1coc(-c2ccc(C3OCCO3)cn2)n1. The summed E-state index contributed by atoms with van der Waals surface area (Å²) in [7, 11) is 0. The highest BCUT2D eigenvalue weighted by molar-refractivity contribution is 5.46. The third-order valence-corrected chi connectivity index (χ3v) is 2.33. The van der Waals surface area contributed by atoms with Crippen LogP contribution in [0.2, 0.25) is 0 Å². The highest BCUT2D eigenvalue weighted by Gasteiger charge is 2.18. The molecule has 0 spiro atoms. The molecule has 0 N–H and O–H groups in total. The number of pyridine rings is 1. The smallest absolute Gasteiger partial charge is 0.244 e. The van der Waals surface area contributed by atoms with Crippen molar-refractivity contribution in [3.8, 4) is 11.6 Å². The lowest BCUT2D eigenvalue weighted by molar-refractivity contribution is -0.0443. The molecule has 2 aromatic heterocycles. The molecular weight excluding hydrogens is 208 g/mol. The van der Waals surface area contributed by atoms with Crippen molar-refractivity contribution in [1.82, 2.24) is 9.97 Å². The van der Waals surface area contributed by atoms with Crippen molar-refractivity contribution in [1.29, 1.82) is 0 Å². The van der Waals surface area contributed by atoms with Gasteiger partial charge in [0.2, 0.25) is 5.89 Å². The van der Waals surface area contributed by atoms with Gasteiger partial charge < -0.3 is 13.9 Å². The zero-order chi connectivity index (χ0) is 10.8. The van der Waals surface area contributed by atoms with Gasteiger partial charge in [-0.15, -0.1) is 0 Å². The van der Waals surface area contributed by atoms with Gasteiger partial charge in [-0.25, -0.2) is 4.98 Å². The number of oxazole rings is 1. The zero-order valence-corrected chi connectivity index (χ0v) is 8.50. The summed E-state index contributed by atoms with van der Waals surface area (Å²) in [6, 6.07) is 3.74. The van der Waals surface area contributed by atoms with Gasteiger partial charge in [0.25, 0.3) is 0 Å². The van der Waals surface area contributed by atoms with Crippen LogP contribution in [0.5, 0.6) is 0 Å². The van der Waals surface area contributed by atoms with Crippen LogP contribution in [-0.2, 0) is 9.47 Å². The van der Waals surface area contributed by atoms with Crippen molar-refractivity contribution in [3.63, 3.8) is 0 Å². The first-order valence-electron chi connectivity index (χ1n) is 5.02. The van der Waals surface area contributed by atoms with Crippen LogP contribution in [0.1, 0.15) is 11.9 Å². The minimum atomic E-state index is -0.286. The van der Waals surface area contributed by atoms with Crippen molar-refractivity contribution < 1.29 is 13.9 Å². The second-order valence-electron chi connectivity index (χ2n) is 3.39. The Bertz CT molecular complexity index is 447. The molecule has 1 aliphatic heterocycles. The van der Waals surface area contributed by atoms with E-state index in [1.807, 2.05) is 12.1 Å². The van der Waals surface area contributed by atoms with Crippen LogP contribution in [0.15, 0.2) is 35.2 Å². The molecule has 5 nitrogen and oxygen atoms in total. The Labute approximate surface area is 92.0 Å². The van der Waals surface area contributed by atoms with Gasteiger partial charge in [0.1, 0.15) is 12.0 Å². The Morgan fingerprint density at radius 1 is 1.12 bits per heavy atom. The molecule has 1 aliphatic rings. The van der Waals surface area contributed by atoms with E-state index in [0.29, 0.717) is 24.8 Å². The maximum Gasteiger partial charge on any atom is 0.244 e. The number of nitrogens with zero attached hydrogens (tertiary/aromatic N) is 2. The fourth-order valence-electron chi connectivity index (χ4n) is 1.57. The summed E-state index contributed by atoms with van der Waals surface area (Å²) >= 11 is 0. The Hall–Kier alpha value is -1.72. The van der Waals surface area contributed by atoms with E-state index < -0.39 is 0 Å². The first-order chi connectivity index (χ1) is 7.93. The summed E-state index contributed by atoms with van der Waals surface area (Å²) in [5, 5.41) is 0. The van der Waals surface area contributed by atoms with Gasteiger partial charge in [-0.3, -0.25) is 4.98 Å².